The van der Waals surface area contributed by atoms with Crippen LogP contribution in [0.4, 0.5) is 8.78 Å². The monoisotopic (exact) mass is 340 g/mol. The molecule has 1 aliphatic carbocycles. The summed E-state index contributed by atoms with van der Waals surface area (Å²) in [5.41, 5.74) is 0. The Morgan fingerprint density at radius 1 is 1.24 bits per heavy atom. The molecule has 1 saturated carbocycles. The molecule has 2 rings (SSSR count). The Kier molecular flexibility index (Phi) is 5.06. The molecule has 21 heavy (non-hydrogen) atoms. The van der Waals surface area contributed by atoms with Crippen molar-refractivity contribution in [3.8, 4) is 5.75 Å². The molecule has 0 N–H and O–H groups in total. The molecular weight excluding hydrogens is 326 g/mol. The van der Waals surface area contributed by atoms with Crippen LogP contribution in [0, 0.1) is 11.6 Å². The molecule has 4 nitrogen and oxygen atoms in total. The Morgan fingerprint density at radius 2 is 1.90 bits per heavy atom. The van der Waals surface area contributed by atoms with E-state index in [4.69, 9.17) is 20.2 Å². The van der Waals surface area contributed by atoms with Crippen LogP contribution >= 0.6 is 10.7 Å². The fourth-order valence-corrected chi connectivity index (χ4v) is 3.39. The lowest BCUT2D eigenvalue weighted by Gasteiger charge is -2.29. The van der Waals surface area contributed by atoms with E-state index in [1.807, 2.05) is 0 Å². The van der Waals surface area contributed by atoms with E-state index >= 15 is 0 Å². The third-order valence-electron chi connectivity index (χ3n) is 3.43. The van der Waals surface area contributed by atoms with E-state index in [-0.39, 0.29) is 6.10 Å². The molecule has 1 aromatic carbocycles. The molecule has 0 saturated heterocycles. The summed E-state index contributed by atoms with van der Waals surface area (Å²) in [6, 6.07) is 1.22. The molecule has 0 radical (unpaired) electrons. The van der Waals surface area contributed by atoms with E-state index in [1.165, 1.54) is 0 Å². The molecule has 0 amide bonds. The SMILES string of the molecule is COC1CCCC(Oc2c(F)cc(F)cc2S(=O)(=O)Cl)C1. The highest BCUT2D eigenvalue weighted by Crippen LogP contribution is 2.34. The highest BCUT2D eigenvalue weighted by molar-refractivity contribution is 8.13. The highest BCUT2D eigenvalue weighted by Gasteiger charge is 2.28. The number of halogens is 3. The molecule has 1 aliphatic rings. The summed E-state index contributed by atoms with van der Waals surface area (Å²) in [7, 11) is 2.47. The predicted molar refractivity (Wildman–Crippen MR) is 73.1 cm³/mol. The maximum absolute atomic E-state index is 13.9. The Labute approximate surface area is 126 Å². The van der Waals surface area contributed by atoms with Gasteiger partial charge in [0.1, 0.15) is 16.8 Å². The van der Waals surface area contributed by atoms with Gasteiger partial charge < -0.3 is 9.47 Å². The van der Waals surface area contributed by atoms with Crippen molar-refractivity contribution < 1.29 is 26.7 Å². The van der Waals surface area contributed by atoms with E-state index in [2.05, 4.69) is 0 Å². The van der Waals surface area contributed by atoms with Crippen LogP contribution in [0.1, 0.15) is 25.7 Å². The molecule has 2 unspecified atom stereocenters. The van der Waals surface area contributed by atoms with Crippen molar-refractivity contribution >= 4 is 19.7 Å². The van der Waals surface area contributed by atoms with Gasteiger partial charge in [0.05, 0.1) is 6.10 Å². The van der Waals surface area contributed by atoms with Gasteiger partial charge in [-0.1, -0.05) is 0 Å². The highest BCUT2D eigenvalue weighted by atomic mass is 35.7. The largest absolute Gasteiger partial charge is 0.486 e. The van der Waals surface area contributed by atoms with Crippen LogP contribution < -0.4 is 4.74 Å². The van der Waals surface area contributed by atoms with Gasteiger partial charge in [0, 0.05) is 30.3 Å². The predicted octanol–water partition coefficient (Wildman–Crippen LogP) is 3.23. The van der Waals surface area contributed by atoms with Crippen molar-refractivity contribution in [2.24, 2.45) is 0 Å². The van der Waals surface area contributed by atoms with Crippen LogP contribution in [0.5, 0.6) is 5.75 Å². The molecule has 0 aliphatic heterocycles. The lowest BCUT2D eigenvalue weighted by Crippen LogP contribution is -2.30. The van der Waals surface area contributed by atoms with Crippen LogP contribution in [0.3, 0.4) is 0 Å². The average molecular weight is 341 g/mol. The second kappa shape index (κ2) is 6.46. The third kappa shape index (κ3) is 4.05. The van der Waals surface area contributed by atoms with Crippen LogP contribution in [-0.2, 0) is 13.8 Å². The Morgan fingerprint density at radius 3 is 2.52 bits per heavy atom. The number of hydrogen-bond acceptors (Lipinski definition) is 4. The van der Waals surface area contributed by atoms with Crippen LogP contribution in [0.2, 0.25) is 0 Å². The van der Waals surface area contributed by atoms with Crippen molar-refractivity contribution in [2.75, 3.05) is 7.11 Å². The summed E-state index contributed by atoms with van der Waals surface area (Å²) in [6.07, 6.45) is 2.40. The van der Waals surface area contributed by atoms with Crippen molar-refractivity contribution in [3.63, 3.8) is 0 Å². The van der Waals surface area contributed by atoms with E-state index in [0.29, 0.717) is 25.0 Å². The van der Waals surface area contributed by atoms with Gasteiger partial charge in [-0.3, -0.25) is 0 Å². The van der Waals surface area contributed by atoms with Gasteiger partial charge in [-0.05, 0) is 25.3 Å². The fourth-order valence-electron chi connectivity index (χ4n) is 2.42. The van der Waals surface area contributed by atoms with Gasteiger partial charge in [0.25, 0.3) is 9.05 Å². The van der Waals surface area contributed by atoms with Crippen molar-refractivity contribution in [2.45, 2.75) is 42.8 Å². The Hall–Kier alpha value is -0.920. The summed E-state index contributed by atoms with van der Waals surface area (Å²) in [5, 5.41) is 0. The summed E-state index contributed by atoms with van der Waals surface area (Å²) >= 11 is 0. The summed E-state index contributed by atoms with van der Waals surface area (Å²) in [4.78, 5) is -0.693. The van der Waals surface area contributed by atoms with Gasteiger partial charge in [-0.25, -0.2) is 17.2 Å². The van der Waals surface area contributed by atoms with Gasteiger partial charge in [-0.2, -0.15) is 0 Å². The summed E-state index contributed by atoms with van der Waals surface area (Å²) in [6.45, 7) is 0. The number of hydrogen-bond donors (Lipinski definition) is 0. The zero-order valence-electron chi connectivity index (χ0n) is 11.3. The van der Waals surface area contributed by atoms with Gasteiger partial charge >= 0.3 is 0 Å². The van der Waals surface area contributed by atoms with Gasteiger partial charge in [0.15, 0.2) is 11.6 Å². The third-order valence-corrected chi connectivity index (χ3v) is 4.76. The molecule has 8 heteroatoms. The molecular formula is C13H15ClF2O4S. The molecule has 0 bridgehead atoms. The average Bonchev–Trinajstić information content (AvgIpc) is 2.40. The van der Waals surface area contributed by atoms with E-state index in [0.717, 1.165) is 12.8 Å². The number of rotatable bonds is 4. The lowest BCUT2D eigenvalue weighted by atomic mass is 9.95. The maximum Gasteiger partial charge on any atom is 0.265 e. The minimum absolute atomic E-state index is 0.0247. The Bertz CT molecular complexity index is 621. The minimum atomic E-state index is -4.31. The first kappa shape index (κ1) is 16.5. The van der Waals surface area contributed by atoms with Crippen molar-refractivity contribution in [3.05, 3.63) is 23.8 Å². The number of ether oxygens (including phenoxy) is 2. The van der Waals surface area contributed by atoms with E-state index in [1.54, 1.807) is 7.11 Å². The molecule has 0 aromatic heterocycles. The number of benzene rings is 1. The van der Waals surface area contributed by atoms with Crippen LogP contribution in [-0.4, -0.2) is 27.7 Å². The molecule has 1 aromatic rings. The first-order valence-electron chi connectivity index (χ1n) is 6.44. The lowest BCUT2D eigenvalue weighted by molar-refractivity contribution is 0.0187. The minimum Gasteiger partial charge on any atom is -0.486 e. The Balaban J connectivity index is 2.31. The molecule has 0 spiro atoms. The number of methoxy groups -OCH3 is 1. The standard InChI is InChI=1S/C13H15ClF2O4S/c1-19-9-3-2-4-10(7-9)20-13-11(16)5-8(15)6-12(13)21(14,17)18/h5-6,9-10H,2-4,7H2,1H3. The molecule has 1 fully saturated rings. The van der Waals surface area contributed by atoms with Crippen LogP contribution in [0.15, 0.2) is 17.0 Å². The quantitative estimate of drug-likeness (QED) is 0.790. The van der Waals surface area contributed by atoms with Crippen molar-refractivity contribution in [1.29, 1.82) is 0 Å². The normalized spacial score (nSPS) is 23.0. The first-order chi connectivity index (χ1) is 9.81. The topological polar surface area (TPSA) is 52.6 Å². The molecule has 2 atom stereocenters. The maximum atomic E-state index is 13.9. The second-order valence-electron chi connectivity index (χ2n) is 4.92. The first-order valence-corrected chi connectivity index (χ1v) is 8.75. The van der Waals surface area contributed by atoms with Gasteiger partial charge in [-0.15, -0.1) is 0 Å². The smallest absolute Gasteiger partial charge is 0.265 e. The molecule has 118 valence electrons. The fraction of sp³-hybridized carbons (Fsp3) is 0.538. The zero-order valence-corrected chi connectivity index (χ0v) is 12.9. The van der Waals surface area contributed by atoms with E-state index < -0.39 is 37.4 Å². The van der Waals surface area contributed by atoms with Crippen LogP contribution in [0.25, 0.3) is 0 Å². The summed E-state index contributed by atoms with van der Waals surface area (Å²) in [5.74, 6) is -2.65. The summed E-state index contributed by atoms with van der Waals surface area (Å²) < 4.78 is 60.6. The van der Waals surface area contributed by atoms with E-state index in [9.17, 15) is 17.2 Å². The van der Waals surface area contributed by atoms with Gasteiger partial charge in [0.2, 0.25) is 0 Å². The van der Waals surface area contributed by atoms with Crippen molar-refractivity contribution in [1.82, 2.24) is 0 Å². The zero-order chi connectivity index (χ0) is 15.6. The second-order valence-corrected chi connectivity index (χ2v) is 7.45. The molecule has 0 heterocycles.